The average molecular weight is 1120 g/mol. The molecule has 0 aromatic rings. The minimum absolute atomic E-state index is 0.0117. The highest BCUT2D eigenvalue weighted by Gasteiger charge is 2.20. The number of aliphatic hydroxyl groups excluding tert-OH is 2. The van der Waals surface area contributed by atoms with Gasteiger partial charge < -0.3 is 20.3 Å². The van der Waals surface area contributed by atoms with Crippen LogP contribution in [0.25, 0.3) is 0 Å². The lowest BCUT2D eigenvalue weighted by molar-refractivity contribution is -0.143. The molecule has 6 heteroatoms. The van der Waals surface area contributed by atoms with Crippen LogP contribution in [0.15, 0.2) is 36.5 Å². The quantitative estimate of drug-likeness (QED) is 0.0320. The van der Waals surface area contributed by atoms with Gasteiger partial charge in [-0.15, -0.1) is 0 Å². The maximum absolute atomic E-state index is 12.5. The van der Waals surface area contributed by atoms with E-state index >= 15 is 0 Å². The van der Waals surface area contributed by atoms with Gasteiger partial charge in [-0.2, -0.15) is 0 Å². The van der Waals surface area contributed by atoms with Crippen LogP contribution in [0, 0.1) is 0 Å². The highest BCUT2D eigenvalue weighted by Crippen LogP contribution is 2.19. The van der Waals surface area contributed by atoms with Crippen molar-refractivity contribution in [3.05, 3.63) is 36.5 Å². The molecule has 2 atom stereocenters. The van der Waals surface area contributed by atoms with Crippen molar-refractivity contribution in [2.75, 3.05) is 13.2 Å². The number of hydrogen-bond acceptors (Lipinski definition) is 5. The summed E-state index contributed by atoms with van der Waals surface area (Å²) in [5.74, 6) is -0.0202. The smallest absolute Gasteiger partial charge is 0.305 e. The summed E-state index contributed by atoms with van der Waals surface area (Å²) in [6, 6.07) is -0.539. The Kier molecular flexibility index (Phi) is 67.9. The first kappa shape index (κ1) is 78.1. The molecule has 0 bridgehead atoms. The molecule has 0 saturated heterocycles. The minimum Gasteiger partial charge on any atom is -0.466 e. The number of unbranched alkanes of at least 4 members (excludes halogenated alkanes) is 51. The number of hydrogen-bond donors (Lipinski definition) is 3. The fraction of sp³-hybridized carbons (Fsp3) is 0.892. The molecular formula is C74H141NO5. The molecular weight excluding hydrogens is 983 g/mol. The zero-order chi connectivity index (χ0) is 57.8. The van der Waals surface area contributed by atoms with Gasteiger partial charge in [0.2, 0.25) is 5.91 Å². The van der Waals surface area contributed by atoms with E-state index in [1.165, 1.54) is 315 Å². The van der Waals surface area contributed by atoms with Gasteiger partial charge in [0.25, 0.3) is 0 Å². The Bertz CT molecular complexity index is 1300. The summed E-state index contributed by atoms with van der Waals surface area (Å²) in [5, 5.41) is 23.3. The third kappa shape index (κ3) is 65.2. The molecule has 472 valence electrons. The van der Waals surface area contributed by atoms with Gasteiger partial charge in [-0.05, 0) is 83.5 Å². The maximum atomic E-state index is 12.5. The number of esters is 1. The Hall–Kier alpha value is -1.92. The molecule has 0 aliphatic carbocycles. The first-order valence-electron chi connectivity index (χ1n) is 36.2. The van der Waals surface area contributed by atoms with Crippen molar-refractivity contribution in [3.63, 3.8) is 0 Å². The molecule has 1 amide bonds. The third-order valence-electron chi connectivity index (χ3n) is 16.9. The second-order valence-corrected chi connectivity index (χ2v) is 24.9. The lowest BCUT2D eigenvalue weighted by Gasteiger charge is -2.22. The Morgan fingerprint density at radius 3 is 0.963 bits per heavy atom. The molecule has 0 aliphatic rings. The van der Waals surface area contributed by atoms with Crippen LogP contribution >= 0.6 is 0 Å². The van der Waals surface area contributed by atoms with E-state index in [0.29, 0.717) is 25.9 Å². The van der Waals surface area contributed by atoms with Gasteiger partial charge in [0.05, 0.1) is 25.4 Å². The standard InChI is InChI=1S/C74H141NO5/c1-3-5-7-9-11-13-15-17-18-19-38-41-44-48-52-56-60-64-68-74(79)80-69-65-61-57-53-49-45-42-39-36-34-32-30-28-26-24-22-20-21-23-25-27-29-31-33-35-37-40-43-47-51-55-59-63-67-73(78)75-71(70-76)72(77)66-62-58-54-50-46-16-14-12-10-8-6-4-2/h18-19,24,26,30,32,71-72,76-77H,3-17,20-23,25,27-29,31,33-70H2,1-2H3,(H,75,78)/b19-18-,26-24-,32-30-. The van der Waals surface area contributed by atoms with E-state index in [9.17, 15) is 19.8 Å². The van der Waals surface area contributed by atoms with Gasteiger partial charge in [-0.25, -0.2) is 0 Å². The van der Waals surface area contributed by atoms with Gasteiger partial charge >= 0.3 is 5.97 Å². The van der Waals surface area contributed by atoms with E-state index < -0.39 is 12.1 Å². The number of carbonyl (C=O) groups excluding carboxylic acids is 2. The summed E-state index contributed by atoms with van der Waals surface area (Å²) in [5.41, 5.74) is 0. The fourth-order valence-electron chi connectivity index (χ4n) is 11.4. The van der Waals surface area contributed by atoms with E-state index in [-0.39, 0.29) is 18.5 Å². The van der Waals surface area contributed by atoms with Crippen LogP contribution in [0.5, 0.6) is 0 Å². The first-order chi connectivity index (χ1) is 39.5. The monoisotopic (exact) mass is 1120 g/mol. The Morgan fingerprint density at radius 1 is 0.350 bits per heavy atom. The van der Waals surface area contributed by atoms with Crippen LogP contribution in [0.1, 0.15) is 399 Å². The number of aliphatic hydroxyl groups is 2. The number of rotatable bonds is 68. The van der Waals surface area contributed by atoms with Crippen LogP contribution in [0.4, 0.5) is 0 Å². The molecule has 3 N–H and O–H groups in total. The maximum Gasteiger partial charge on any atom is 0.305 e. The summed E-state index contributed by atoms with van der Waals surface area (Å²) in [7, 11) is 0. The number of amides is 1. The molecule has 0 saturated carbocycles. The molecule has 0 radical (unpaired) electrons. The number of ether oxygens (including phenoxy) is 1. The normalized spacial score (nSPS) is 12.7. The van der Waals surface area contributed by atoms with Crippen LogP contribution in [-0.2, 0) is 14.3 Å². The van der Waals surface area contributed by atoms with Gasteiger partial charge in [0, 0.05) is 12.8 Å². The Labute approximate surface area is 500 Å². The van der Waals surface area contributed by atoms with E-state index in [0.717, 1.165) is 51.4 Å². The zero-order valence-electron chi connectivity index (χ0n) is 54.1. The molecule has 80 heavy (non-hydrogen) atoms. The predicted molar refractivity (Wildman–Crippen MR) is 352 cm³/mol. The van der Waals surface area contributed by atoms with Crippen LogP contribution in [0.2, 0.25) is 0 Å². The molecule has 6 nitrogen and oxygen atoms in total. The first-order valence-corrected chi connectivity index (χ1v) is 36.2. The van der Waals surface area contributed by atoms with Crippen molar-refractivity contribution in [2.45, 2.75) is 411 Å². The molecule has 0 heterocycles. The number of allylic oxidation sites excluding steroid dienone is 6. The summed E-state index contributed by atoms with van der Waals surface area (Å²) in [6.07, 6.45) is 89.2. The number of carbonyl (C=O) groups is 2. The average Bonchev–Trinajstić information content (AvgIpc) is 3.46. The molecule has 2 unspecified atom stereocenters. The topological polar surface area (TPSA) is 95.9 Å². The van der Waals surface area contributed by atoms with Gasteiger partial charge in [-0.1, -0.05) is 339 Å². The highest BCUT2D eigenvalue weighted by molar-refractivity contribution is 5.76. The van der Waals surface area contributed by atoms with Gasteiger partial charge in [0.15, 0.2) is 0 Å². The van der Waals surface area contributed by atoms with E-state index in [4.69, 9.17) is 4.74 Å². The largest absolute Gasteiger partial charge is 0.466 e. The Balaban J connectivity index is 3.36. The fourth-order valence-corrected chi connectivity index (χ4v) is 11.4. The summed E-state index contributed by atoms with van der Waals surface area (Å²) in [6.45, 7) is 4.97. The lowest BCUT2D eigenvalue weighted by atomic mass is 10.0. The second-order valence-electron chi connectivity index (χ2n) is 24.9. The molecule has 0 aliphatic heterocycles. The van der Waals surface area contributed by atoms with Crippen LogP contribution < -0.4 is 5.32 Å². The summed E-state index contributed by atoms with van der Waals surface area (Å²) in [4.78, 5) is 24.6. The van der Waals surface area contributed by atoms with Crippen molar-refractivity contribution in [1.29, 1.82) is 0 Å². The second kappa shape index (κ2) is 69.6. The van der Waals surface area contributed by atoms with Crippen molar-refractivity contribution >= 4 is 11.9 Å². The molecule has 0 aromatic carbocycles. The summed E-state index contributed by atoms with van der Waals surface area (Å²) >= 11 is 0. The van der Waals surface area contributed by atoms with Crippen molar-refractivity contribution in [1.82, 2.24) is 5.32 Å². The lowest BCUT2D eigenvalue weighted by Crippen LogP contribution is -2.45. The Morgan fingerprint density at radius 2 is 0.625 bits per heavy atom. The van der Waals surface area contributed by atoms with Gasteiger partial charge in [0.1, 0.15) is 0 Å². The molecule has 0 aromatic heterocycles. The molecule has 0 fully saturated rings. The van der Waals surface area contributed by atoms with Crippen LogP contribution in [0.3, 0.4) is 0 Å². The van der Waals surface area contributed by atoms with Gasteiger partial charge in [-0.3, -0.25) is 9.59 Å². The minimum atomic E-state index is -0.662. The van der Waals surface area contributed by atoms with Crippen molar-refractivity contribution in [2.24, 2.45) is 0 Å². The van der Waals surface area contributed by atoms with E-state index in [2.05, 4.69) is 55.6 Å². The zero-order valence-corrected chi connectivity index (χ0v) is 54.1. The molecule has 0 spiro atoms. The van der Waals surface area contributed by atoms with Crippen LogP contribution in [-0.4, -0.2) is 47.4 Å². The van der Waals surface area contributed by atoms with E-state index in [1.54, 1.807) is 0 Å². The van der Waals surface area contributed by atoms with E-state index in [1.807, 2.05) is 0 Å². The highest BCUT2D eigenvalue weighted by atomic mass is 16.5. The molecule has 0 rings (SSSR count). The van der Waals surface area contributed by atoms with Crippen molar-refractivity contribution in [3.8, 4) is 0 Å². The predicted octanol–water partition coefficient (Wildman–Crippen LogP) is 23.5. The van der Waals surface area contributed by atoms with Crippen molar-refractivity contribution < 1.29 is 24.5 Å². The SMILES string of the molecule is CCCCCCCCC/C=C\CCCCCCCCCC(=O)OCCCCCCCCCCC/C=C\C/C=C\CCCCCCCCCCCCCCCCCCCC(=O)NC(CO)C(O)CCCCCCCCCCCCCC. The summed E-state index contributed by atoms with van der Waals surface area (Å²) < 4.78 is 5.50. The number of nitrogens with one attached hydrogen (secondary N) is 1. The third-order valence-corrected chi connectivity index (χ3v) is 16.9.